The summed E-state index contributed by atoms with van der Waals surface area (Å²) >= 11 is 0. The minimum atomic E-state index is -3.56. The highest BCUT2D eigenvalue weighted by molar-refractivity contribution is 7.87. The van der Waals surface area contributed by atoms with Gasteiger partial charge < -0.3 is 19.1 Å². The lowest BCUT2D eigenvalue weighted by molar-refractivity contribution is 0.193. The fourth-order valence-corrected chi connectivity index (χ4v) is 2.96. The Kier molecular flexibility index (Phi) is 7.28. The van der Waals surface area contributed by atoms with Crippen LogP contribution in [0.4, 0.5) is 10.5 Å². The van der Waals surface area contributed by atoms with Gasteiger partial charge >= 0.3 is 16.1 Å². The van der Waals surface area contributed by atoms with Gasteiger partial charge in [0.15, 0.2) is 0 Å². The molecule has 0 heterocycles. The van der Waals surface area contributed by atoms with Crippen LogP contribution in [0.15, 0.2) is 48.5 Å². The van der Waals surface area contributed by atoms with E-state index in [0.717, 1.165) is 5.56 Å². The Hall–Kier alpha value is -2.74. The Morgan fingerprint density at radius 1 is 1.11 bits per heavy atom. The Morgan fingerprint density at radius 2 is 1.79 bits per heavy atom. The maximum absolute atomic E-state index is 12.7. The van der Waals surface area contributed by atoms with Gasteiger partial charge in [-0.25, -0.2) is 4.79 Å². The third kappa shape index (κ3) is 6.16. The van der Waals surface area contributed by atoms with Crippen molar-refractivity contribution < 1.29 is 22.1 Å². The van der Waals surface area contributed by atoms with Gasteiger partial charge in [-0.1, -0.05) is 18.2 Å². The molecule has 0 saturated carbocycles. The normalized spacial score (nSPS) is 11.2. The van der Waals surface area contributed by atoms with Crippen molar-refractivity contribution in [3.05, 3.63) is 54.1 Å². The third-order valence-corrected chi connectivity index (χ3v) is 5.21. The first-order chi connectivity index (χ1) is 13.2. The van der Waals surface area contributed by atoms with Crippen molar-refractivity contribution in [2.75, 3.05) is 18.2 Å². The summed E-state index contributed by atoms with van der Waals surface area (Å²) in [6, 6.07) is 13.5. The number of hydrogen-bond acceptors (Lipinski definition) is 5. The van der Waals surface area contributed by atoms with Crippen molar-refractivity contribution >= 4 is 21.8 Å². The van der Waals surface area contributed by atoms with Crippen LogP contribution in [-0.4, -0.2) is 38.3 Å². The molecule has 0 radical (unpaired) electrons. The van der Waals surface area contributed by atoms with Gasteiger partial charge in [0.2, 0.25) is 0 Å². The van der Waals surface area contributed by atoms with Crippen molar-refractivity contribution in [2.24, 2.45) is 0 Å². The van der Waals surface area contributed by atoms with Crippen molar-refractivity contribution in [3.63, 3.8) is 0 Å². The number of urea groups is 1. The number of rotatable bonds is 8. The van der Waals surface area contributed by atoms with E-state index in [0.29, 0.717) is 18.0 Å². The van der Waals surface area contributed by atoms with E-state index in [4.69, 9.17) is 8.92 Å². The monoisotopic (exact) mass is 406 g/mol. The minimum absolute atomic E-state index is 0.0398. The SMILES string of the molecule is CCS(=O)(=O)Oc1ccc(CN(C(=O)Nc2cccc(OC)c2)C(C)C)cc1. The lowest BCUT2D eigenvalue weighted by Crippen LogP contribution is -2.39. The molecule has 28 heavy (non-hydrogen) atoms. The summed E-state index contributed by atoms with van der Waals surface area (Å²) in [7, 11) is -1.99. The van der Waals surface area contributed by atoms with E-state index in [1.165, 1.54) is 6.92 Å². The molecule has 7 nitrogen and oxygen atoms in total. The summed E-state index contributed by atoms with van der Waals surface area (Å²) in [6.07, 6.45) is 0. The Balaban J connectivity index is 2.08. The number of anilines is 1. The van der Waals surface area contributed by atoms with Crippen molar-refractivity contribution in [2.45, 2.75) is 33.4 Å². The molecule has 2 amide bonds. The molecule has 0 aromatic heterocycles. The third-order valence-electron chi connectivity index (χ3n) is 4.06. The summed E-state index contributed by atoms with van der Waals surface area (Å²) in [6.45, 7) is 5.74. The first kappa shape index (κ1) is 21.6. The maximum atomic E-state index is 12.7. The first-order valence-electron chi connectivity index (χ1n) is 8.97. The highest BCUT2D eigenvalue weighted by Crippen LogP contribution is 2.20. The van der Waals surface area contributed by atoms with Crippen LogP contribution in [0.1, 0.15) is 26.3 Å². The molecule has 0 spiro atoms. The quantitative estimate of drug-likeness (QED) is 0.673. The molecule has 0 fully saturated rings. The van der Waals surface area contributed by atoms with Gasteiger partial charge in [0, 0.05) is 24.3 Å². The molecule has 0 aliphatic carbocycles. The molecule has 2 aromatic carbocycles. The van der Waals surface area contributed by atoms with Crippen LogP contribution in [0.2, 0.25) is 0 Å². The molecular formula is C20H26N2O5S. The Morgan fingerprint density at radius 3 is 2.36 bits per heavy atom. The molecule has 8 heteroatoms. The van der Waals surface area contributed by atoms with Gasteiger partial charge in [-0.05, 0) is 50.6 Å². The molecule has 1 N–H and O–H groups in total. The van der Waals surface area contributed by atoms with Gasteiger partial charge in [0.05, 0.1) is 12.9 Å². The maximum Gasteiger partial charge on any atom is 0.322 e. The number of nitrogens with one attached hydrogen (secondary N) is 1. The lowest BCUT2D eigenvalue weighted by atomic mass is 10.2. The van der Waals surface area contributed by atoms with Gasteiger partial charge in [-0.2, -0.15) is 8.42 Å². The van der Waals surface area contributed by atoms with Crippen LogP contribution >= 0.6 is 0 Å². The van der Waals surface area contributed by atoms with Crippen LogP contribution < -0.4 is 14.2 Å². The van der Waals surface area contributed by atoms with E-state index in [2.05, 4.69) is 5.32 Å². The highest BCUT2D eigenvalue weighted by Gasteiger charge is 2.18. The predicted molar refractivity (Wildman–Crippen MR) is 109 cm³/mol. The van der Waals surface area contributed by atoms with Crippen LogP contribution in [0.5, 0.6) is 11.5 Å². The second-order valence-corrected chi connectivity index (χ2v) is 8.32. The topological polar surface area (TPSA) is 84.9 Å². The van der Waals surface area contributed by atoms with E-state index < -0.39 is 10.1 Å². The number of benzene rings is 2. The summed E-state index contributed by atoms with van der Waals surface area (Å²) < 4.78 is 33.2. The molecule has 0 unspecified atom stereocenters. The molecular weight excluding hydrogens is 380 g/mol. The van der Waals surface area contributed by atoms with Crippen LogP contribution in [0.3, 0.4) is 0 Å². The van der Waals surface area contributed by atoms with E-state index in [1.807, 2.05) is 13.8 Å². The molecule has 0 saturated heterocycles. The fraction of sp³-hybridized carbons (Fsp3) is 0.350. The van der Waals surface area contributed by atoms with E-state index in [-0.39, 0.29) is 23.6 Å². The average molecular weight is 407 g/mol. The molecule has 152 valence electrons. The summed E-state index contributed by atoms with van der Waals surface area (Å²) in [5.74, 6) is 0.814. The fourth-order valence-electron chi connectivity index (χ4n) is 2.44. The largest absolute Gasteiger partial charge is 0.497 e. The number of ether oxygens (including phenoxy) is 1. The number of hydrogen-bond donors (Lipinski definition) is 1. The van der Waals surface area contributed by atoms with Crippen LogP contribution in [-0.2, 0) is 16.7 Å². The number of methoxy groups -OCH3 is 1. The van der Waals surface area contributed by atoms with Gasteiger partial charge in [0.25, 0.3) is 0 Å². The van der Waals surface area contributed by atoms with Gasteiger partial charge in [-0.15, -0.1) is 0 Å². The summed E-state index contributed by atoms with van der Waals surface area (Å²) in [4.78, 5) is 14.4. The minimum Gasteiger partial charge on any atom is -0.497 e. The number of carbonyl (C=O) groups is 1. The van der Waals surface area contributed by atoms with Crippen molar-refractivity contribution in [1.29, 1.82) is 0 Å². The van der Waals surface area contributed by atoms with Crippen LogP contribution in [0, 0.1) is 0 Å². The smallest absolute Gasteiger partial charge is 0.322 e. The molecule has 0 aliphatic rings. The number of carbonyl (C=O) groups excluding carboxylic acids is 1. The van der Waals surface area contributed by atoms with Gasteiger partial charge in [0.1, 0.15) is 11.5 Å². The highest BCUT2D eigenvalue weighted by atomic mass is 32.2. The molecule has 0 aliphatic heterocycles. The first-order valence-corrected chi connectivity index (χ1v) is 10.5. The summed E-state index contributed by atoms with van der Waals surface area (Å²) in [5, 5.41) is 2.87. The standard InChI is InChI=1S/C20H26N2O5S/c1-5-28(24,25)27-18-11-9-16(10-12-18)14-22(15(2)3)20(23)21-17-7-6-8-19(13-17)26-4/h6-13,15H,5,14H2,1-4H3,(H,21,23). The van der Waals surface area contributed by atoms with E-state index in [1.54, 1.807) is 60.5 Å². The number of amides is 2. The zero-order chi connectivity index (χ0) is 20.7. The lowest BCUT2D eigenvalue weighted by Gasteiger charge is -2.27. The number of nitrogens with zero attached hydrogens (tertiary/aromatic N) is 1. The molecule has 2 aromatic rings. The predicted octanol–water partition coefficient (Wildman–Crippen LogP) is 3.87. The zero-order valence-corrected chi connectivity index (χ0v) is 17.3. The summed E-state index contributed by atoms with van der Waals surface area (Å²) in [5.41, 5.74) is 1.50. The van der Waals surface area contributed by atoms with Crippen molar-refractivity contribution in [3.8, 4) is 11.5 Å². The van der Waals surface area contributed by atoms with E-state index in [9.17, 15) is 13.2 Å². The van der Waals surface area contributed by atoms with Crippen molar-refractivity contribution in [1.82, 2.24) is 4.90 Å². The zero-order valence-electron chi connectivity index (χ0n) is 16.5. The Labute approximate surface area is 166 Å². The molecule has 0 bridgehead atoms. The Bertz CT molecular complexity index is 895. The molecule has 2 rings (SSSR count). The second-order valence-electron chi connectivity index (χ2n) is 6.46. The second kappa shape index (κ2) is 9.45. The average Bonchev–Trinajstić information content (AvgIpc) is 2.67. The molecule has 0 atom stereocenters. The van der Waals surface area contributed by atoms with E-state index >= 15 is 0 Å². The van der Waals surface area contributed by atoms with Crippen LogP contribution in [0.25, 0.3) is 0 Å². The van der Waals surface area contributed by atoms with Gasteiger partial charge in [-0.3, -0.25) is 0 Å².